The van der Waals surface area contributed by atoms with Crippen LogP contribution in [-0.2, 0) is 6.42 Å². The van der Waals surface area contributed by atoms with Crippen LogP contribution in [0.3, 0.4) is 0 Å². The second-order valence-corrected chi connectivity index (χ2v) is 2.96. The van der Waals surface area contributed by atoms with E-state index in [0.717, 1.165) is 12.8 Å². The summed E-state index contributed by atoms with van der Waals surface area (Å²) in [6.45, 7) is 2.03. The quantitative estimate of drug-likeness (QED) is 0.383. The molecule has 0 saturated carbocycles. The van der Waals surface area contributed by atoms with Crippen LogP contribution in [0.2, 0.25) is 0 Å². The SMILES string of the molecule is CC[C@@H](Cc1ccccc1)N=[N+]=[N-]. The van der Waals surface area contributed by atoms with Crippen LogP contribution in [0.1, 0.15) is 18.9 Å². The Morgan fingerprint density at radius 3 is 2.62 bits per heavy atom. The van der Waals surface area contributed by atoms with E-state index in [1.807, 2.05) is 25.1 Å². The van der Waals surface area contributed by atoms with Gasteiger partial charge in [-0.1, -0.05) is 42.4 Å². The molecule has 0 N–H and O–H groups in total. The molecule has 1 atom stereocenters. The fourth-order valence-electron chi connectivity index (χ4n) is 1.23. The fourth-order valence-corrected chi connectivity index (χ4v) is 1.23. The van der Waals surface area contributed by atoms with Crippen molar-refractivity contribution in [2.75, 3.05) is 0 Å². The van der Waals surface area contributed by atoms with Gasteiger partial charge < -0.3 is 0 Å². The van der Waals surface area contributed by atoms with Crippen LogP contribution < -0.4 is 0 Å². The zero-order valence-electron chi connectivity index (χ0n) is 7.72. The molecule has 0 spiro atoms. The van der Waals surface area contributed by atoms with Gasteiger partial charge in [0.1, 0.15) is 0 Å². The van der Waals surface area contributed by atoms with E-state index in [9.17, 15) is 0 Å². The Hall–Kier alpha value is -1.47. The molecule has 0 aromatic heterocycles. The molecule has 0 bridgehead atoms. The lowest BCUT2D eigenvalue weighted by Crippen LogP contribution is -2.05. The first-order chi connectivity index (χ1) is 6.36. The van der Waals surface area contributed by atoms with Crippen molar-refractivity contribution in [2.45, 2.75) is 25.8 Å². The predicted octanol–water partition coefficient (Wildman–Crippen LogP) is 3.32. The van der Waals surface area contributed by atoms with Crippen LogP contribution >= 0.6 is 0 Å². The largest absolute Gasteiger partial charge is 0.0903 e. The van der Waals surface area contributed by atoms with Gasteiger partial charge in [-0.2, -0.15) is 0 Å². The van der Waals surface area contributed by atoms with Crippen molar-refractivity contribution in [2.24, 2.45) is 5.11 Å². The zero-order chi connectivity index (χ0) is 9.52. The summed E-state index contributed by atoms with van der Waals surface area (Å²) in [5.74, 6) is 0. The first kappa shape index (κ1) is 9.62. The van der Waals surface area contributed by atoms with Gasteiger partial charge in [0.05, 0.1) is 0 Å². The van der Waals surface area contributed by atoms with E-state index in [1.165, 1.54) is 5.56 Å². The molecule has 3 heteroatoms. The Bertz CT molecular complexity index is 288. The second kappa shape index (κ2) is 5.22. The molecule has 0 aliphatic carbocycles. The molecule has 0 radical (unpaired) electrons. The summed E-state index contributed by atoms with van der Waals surface area (Å²) in [4.78, 5) is 2.83. The van der Waals surface area contributed by atoms with Crippen LogP contribution in [0.15, 0.2) is 35.4 Å². The van der Waals surface area contributed by atoms with Gasteiger partial charge in [0.25, 0.3) is 0 Å². The van der Waals surface area contributed by atoms with E-state index in [1.54, 1.807) is 0 Å². The number of hydrogen-bond acceptors (Lipinski definition) is 1. The molecule has 68 valence electrons. The summed E-state index contributed by atoms with van der Waals surface area (Å²) in [5, 5.41) is 3.72. The highest BCUT2D eigenvalue weighted by atomic mass is 15.1. The van der Waals surface area contributed by atoms with Crippen molar-refractivity contribution in [1.29, 1.82) is 0 Å². The van der Waals surface area contributed by atoms with Crippen LogP contribution in [0.5, 0.6) is 0 Å². The molecule has 1 rings (SSSR count). The highest BCUT2D eigenvalue weighted by Crippen LogP contribution is 2.08. The maximum atomic E-state index is 8.30. The fraction of sp³-hybridized carbons (Fsp3) is 0.400. The van der Waals surface area contributed by atoms with Crippen LogP contribution in [-0.4, -0.2) is 6.04 Å². The minimum atomic E-state index is 0.0902. The maximum Gasteiger partial charge on any atom is 0.0411 e. The van der Waals surface area contributed by atoms with E-state index in [-0.39, 0.29) is 6.04 Å². The summed E-state index contributed by atoms with van der Waals surface area (Å²) in [6, 6.07) is 10.2. The smallest absolute Gasteiger partial charge is 0.0411 e. The molecule has 13 heavy (non-hydrogen) atoms. The average molecular weight is 175 g/mol. The van der Waals surface area contributed by atoms with Crippen molar-refractivity contribution >= 4 is 0 Å². The molecule has 0 amide bonds. The van der Waals surface area contributed by atoms with Gasteiger partial charge >= 0.3 is 0 Å². The van der Waals surface area contributed by atoms with Gasteiger partial charge in [0.15, 0.2) is 0 Å². The topological polar surface area (TPSA) is 48.8 Å². The van der Waals surface area contributed by atoms with E-state index < -0.39 is 0 Å². The summed E-state index contributed by atoms with van der Waals surface area (Å²) in [7, 11) is 0. The molecular weight excluding hydrogens is 162 g/mol. The molecule has 0 heterocycles. The third-order valence-corrected chi connectivity index (χ3v) is 2.00. The summed E-state index contributed by atoms with van der Waals surface area (Å²) >= 11 is 0. The van der Waals surface area contributed by atoms with E-state index in [0.29, 0.717) is 0 Å². The highest BCUT2D eigenvalue weighted by molar-refractivity contribution is 5.15. The zero-order valence-corrected chi connectivity index (χ0v) is 7.72. The Labute approximate surface area is 78.0 Å². The van der Waals surface area contributed by atoms with Crippen LogP contribution in [0, 0.1) is 0 Å². The Kier molecular flexibility index (Phi) is 3.86. The van der Waals surface area contributed by atoms with Crippen LogP contribution in [0.4, 0.5) is 0 Å². The minimum Gasteiger partial charge on any atom is -0.0903 e. The van der Waals surface area contributed by atoms with Gasteiger partial charge in [-0.25, -0.2) is 0 Å². The monoisotopic (exact) mass is 175 g/mol. The molecular formula is C10H13N3. The maximum absolute atomic E-state index is 8.30. The predicted molar refractivity (Wildman–Crippen MR) is 53.4 cm³/mol. The first-order valence-electron chi connectivity index (χ1n) is 4.45. The van der Waals surface area contributed by atoms with Crippen molar-refractivity contribution in [3.05, 3.63) is 46.3 Å². The van der Waals surface area contributed by atoms with E-state index in [4.69, 9.17) is 5.53 Å². The molecule has 0 unspecified atom stereocenters. The van der Waals surface area contributed by atoms with Gasteiger partial charge in [0, 0.05) is 11.0 Å². The molecule has 0 aliphatic heterocycles. The van der Waals surface area contributed by atoms with Crippen molar-refractivity contribution in [1.82, 2.24) is 0 Å². The number of nitrogens with zero attached hydrogens (tertiary/aromatic N) is 3. The number of benzene rings is 1. The van der Waals surface area contributed by atoms with Gasteiger partial charge in [-0.05, 0) is 23.9 Å². The lowest BCUT2D eigenvalue weighted by Gasteiger charge is -2.06. The van der Waals surface area contributed by atoms with E-state index >= 15 is 0 Å². The number of azide groups is 1. The van der Waals surface area contributed by atoms with Crippen molar-refractivity contribution in [3.63, 3.8) is 0 Å². The minimum absolute atomic E-state index is 0.0902. The summed E-state index contributed by atoms with van der Waals surface area (Å²) in [5.41, 5.74) is 9.53. The lowest BCUT2D eigenvalue weighted by molar-refractivity contribution is 0.642. The highest BCUT2D eigenvalue weighted by Gasteiger charge is 2.03. The molecule has 1 aromatic rings. The first-order valence-corrected chi connectivity index (χ1v) is 4.45. The van der Waals surface area contributed by atoms with E-state index in [2.05, 4.69) is 22.2 Å². The second-order valence-electron chi connectivity index (χ2n) is 2.96. The van der Waals surface area contributed by atoms with Gasteiger partial charge in [0.2, 0.25) is 0 Å². The van der Waals surface area contributed by atoms with Gasteiger partial charge in [-0.15, -0.1) is 0 Å². The summed E-state index contributed by atoms with van der Waals surface area (Å²) < 4.78 is 0. The molecule has 1 aromatic carbocycles. The molecule has 0 aliphatic rings. The Morgan fingerprint density at radius 2 is 2.08 bits per heavy atom. The lowest BCUT2D eigenvalue weighted by atomic mass is 10.1. The normalized spacial score (nSPS) is 11.8. The third-order valence-electron chi connectivity index (χ3n) is 2.00. The molecule has 0 saturated heterocycles. The van der Waals surface area contributed by atoms with Crippen LogP contribution in [0.25, 0.3) is 10.4 Å². The Balaban J connectivity index is 2.61. The number of hydrogen-bond donors (Lipinski definition) is 0. The summed E-state index contributed by atoms with van der Waals surface area (Å²) in [6.07, 6.45) is 1.72. The Morgan fingerprint density at radius 1 is 1.38 bits per heavy atom. The molecule has 3 nitrogen and oxygen atoms in total. The number of rotatable bonds is 4. The van der Waals surface area contributed by atoms with Crippen molar-refractivity contribution in [3.8, 4) is 0 Å². The average Bonchev–Trinajstić information content (AvgIpc) is 2.19. The van der Waals surface area contributed by atoms with Crippen molar-refractivity contribution < 1.29 is 0 Å². The standard InChI is InChI=1S/C10H13N3/c1-2-10(12-13-11)8-9-6-4-3-5-7-9/h3-7,10H,2,8H2,1H3/t10-/m0/s1. The molecule has 0 fully saturated rings. The van der Waals surface area contributed by atoms with Gasteiger partial charge in [-0.3, -0.25) is 0 Å². The third kappa shape index (κ3) is 3.18.